The third-order valence-electron chi connectivity index (χ3n) is 6.74. The molecule has 1 aliphatic heterocycles. The van der Waals surface area contributed by atoms with E-state index in [0.717, 1.165) is 29.2 Å². The minimum atomic E-state index is -1.22. The molecule has 0 unspecified atom stereocenters. The van der Waals surface area contributed by atoms with Crippen LogP contribution in [-0.2, 0) is 12.6 Å². The molecule has 0 bridgehead atoms. The second-order valence-corrected chi connectivity index (χ2v) is 9.36. The molecule has 10 nitrogen and oxygen atoms in total. The van der Waals surface area contributed by atoms with Crippen molar-refractivity contribution in [1.82, 2.24) is 29.6 Å². The molecule has 1 atom stereocenters. The molecule has 38 heavy (non-hydrogen) atoms. The van der Waals surface area contributed by atoms with Crippen molar-refractivity contribution in [3.63, 3.8) is 0 Å². The van der Waals surface area contributed by atoms with Gasteiger partial charge in [0.25, 0.3) is 0 Å². The molecule has 4 N–H and O–H groups in total. The summed E-state index contributed by atoms with van der Waals surface area (Å²) in [7, 11) is 1.87. The van der Waals surface area contributed by atoms with Crippen LogP contribution >= 0.6 is 0 Å². The highest BCUT2D eigenvalue weighted by molar-refractivity contribution is 6.01. The van der Waals surface area contributed by atoms with Gasteiger partial charge in [-0.15, -0.1) is 0 Å². The van der Waals surface area contributed by atoms with Gasteiger partial charge >= 0.3 is 0 Å². The van der Waals surface area contributed by atoms with Gasteiger partial charge in [0.05, 0.1) is 17.4 Å². The van der Waals surface area contributed by atoms with Crippen LogP contribution < -0.4 is 10.6 Å². The Morgan fingerprint density at radius 3 is 2.47 bits per heavy atom. The van der Waals surface area contributed by atoms with Gasteiger partial charge in [-0.3, -0.25) is 10.1 Å². The number of aliphatic imine (C=N–C) groups is 1. The highest BCUT2D eigenvalue weighted by atomic mass is 19.1. The Morgan fingerprint density at radius 2 is 1.84 bits per heavy atom. The van der Waals surface area contributed by atoms with E-state index in [2.05, 4.69) is 29.9 Å². The number of hydrogen-bond donors (Lipinski definition) is 3. The molecule has 3 aromatic heterocycles. The number of anilines is 1. The van der Waals surface area contributed by atoms with Gasteiger partial charge in [0.1, 0.15) is 18.0 Å². The second-order valence-electron chi connectivity index (χ2n) is 9.36. The Morgan fingerprint density at radius 1 is 1.11 bits per heavy atom. The van der Waals surface area contributed by atoms with Crippen molar-refractivity contribution in [2.75, 3.05) is 31.1 Å². The fraction of sp³-hybridized carbons (Fsp3) is 0.269. The molecule has 0 spiro atoms. The van der Waals surface area contributed by atoms with Crippen LogP contribution in [0.2, 0.25) is 0 Å². The quantitative estimate of drug-likeness (QED) is 0.266. The summed E-state index contributed by atoms with van der Waals surface area (Å²) < 4.78 is 29.5. The van der Waals surface area contributed by atoms with Crippen molar-refractivity contribution in [3.8, 4) is 11.1 Å². The van der Waals surface area contributed by atoms with Gasteiger partial charge in [-0.2, -0.15) is 5.10 Å². The van der Waals surface area contributed by atoms with Gasteiger partial charge in [-0.1, -0.05) is 6.07 Å². The summed E-state index contributed by atoms with van der Waals surface area (Å²) in [6, 6.07) is 5.34. The Labute approximate surface area is 218 Å². The normalized spacial score (nSPS) is 16.0. The first-order valence-corrected chi connectivity index (χ1v) is 12.1. The Kier molecular flexibility index (Phi) is 6.72. The molecule has 0 saturated carbocycles. The number of H-pyrrole nitrogens is 1. The van der Waals surface area contributed by atoms with E-state index in [4.69, 9.17) is 11.1 Å². The SMILES string of the molecule is Cn1cc(-c2c[nH]c(/C(=N\C=N)N3CCN(c4ncc([C@@](C)(N)c5ccc(F)cc5F)cn4)CC3)c2)cn1. The maximum absolute atomic E-state index is 14.4. The lowest BCUT2D eigenvalue weighted by atomic mass is 9.87. The number of rotatable bonds is 6. The summed E-state index contributed by atoms with van der Waals surface area (Å²) in [4.78, 5) is 20.7. The first-order chi connectivity index (χ1) is 18.3. The monoisotopic (exact) mass is 518 g/mol. The van der Waals surface area contributed by atoms with E-state index in [-0.39, 0.29) is 5.56 Å². The molecular weight excluding hydrogens is 490 g/mol. The zero-order valence-electron chi connectivity index (χ0n) is 21.1. The molecule has 196 valence electrons. The predicted octanol–water partition coefficient (Wildman–Crippen LogP) is 2.88. The fourth-order valence-corrected chi connectivity index (χ4v) is 4.58. The molecule has 1 fully saturated rings. The molecular formula is C26H28F2N10. The summed E-state index contributed by atoms with van der Waals surface area (Å²) in [6.07, 6.45) is 9.85. The maximum atomic E-state index is 14.4. The van der Waals surface area contributed by atoms with Crippen LogP contribution in [0.4, 0.5) is 14.7 Å². The minimum Gasteiger partial charge on any atom is -0.358 e. The van der Waals surface area contributed by atoms with Crippen LogP contribution in [0.25, 0.3) is 11.1 Å². The molecule has 1 aromatic carbocycles. The lowest BCUT2D eigenvalue weighted by Crippen LogP contribution is -2.49. The van der Waals surface area contributed by atoms with Crippen LogP contribution in [0.3, 0.4) is 0 Å². The lowest BCUT2D eigenvalue weighted by Gasteiger charge is -2.36. The van der Waals surface area contributed by atoms with E-state index in [9.17, 15) is 8.78 Å². The lowest BCUT2D eigenvalue weighted by molar-refractivity contribution is 0.383. The Bertz CT molecular complexity index is 1460. The van der Waals surface area contributed by atoms with Crippen molar-refractivity contribution in [1.29, 1.82) is 5.41 Å². The number of piperazine rings is 1. The number of aryl methyl sites for hydroxylation is 1. The molecule has 5 rings (SSSR count). The third-order valence-corrected chi connectivity index (χ3v) is 6.74. The highest BCUT2D eigenvalue weighted by Gasteiger charge is 2.29. The summed E-state index contributed by atoms with van der Waals surface area (Å²) in [5, 5.41) is 11.8. The zero-order chi connectivity index (χ0) is 26.9. The third kappa shape index (κ3) is 4.90. The number of hydrogen-bond acceptors (Lipinski definition) is 6. The Balaban J connectivity index is 1.27. The van der Waals surface area contributed by atoms with E-state index in [1.54, 1.807) is 30.2 Å². The highest BCUT2D eigenvalue weighted by Crippen LogP contribution is 2.29. The smallest absolute Gasteiger partial charge is 0.225 e. The van der Waals surface area contributed by atoms with Crippen molar-refractivity contribution < 1.29 is 8.78 Å². The van der Waals surface area contributed by atoms with Crippen molar-refractivity contribution in [2.45, 2.75) is 12.5 Å². The number of aromatic amines is 1. The van der Waals surface area contributed by atoms with E-state index in [1.807, 2.05) is 30.4 Å². The fourth-order valence-electron chi connectivity index (χ4n) is 4.58. The molecule has 1 saturated heterocycles. The van der Waals surface area contributed by atoms with Crippen LogP contribution in [0, 0.1) is 17.0 Å². The number of halogens is 2. The minimum absolute atomic E-state index is 0.165. The van der Waals surface area contributed by atoms with Gasteiger partial charge in [-0.05, 0) is 19.1 Å². The average Bonchev–Trinajstić information content (AvgIpc) is 3.56. The number of benzene rings is 1. The number of nitrogens with two attached hydrogens (primary N) is 1. The summed E-state index contributed by atoms with van der Waals surface area (Å²) in [5.74, 6) is -0.154. The summed E-state index contributed by atoms with van der Waals surface area (Å²) in [6.45, 7) is 4.21. The number of amidine groups is 1. The molecule has 12 heteroatoms. The summed E-state index contributed by atoms with van der Waals surface area (Å²) >= 11 is 0. The molecule has 4 aromatic rings. The van der Waals surface area contributed by atoms with Gasteiger partial charge in [-0.25, -0.2) is 23.7 Å². The first-order valence-electron chi connectivity index (χ1n) is 12.1. The van der Waals surface area contributed by atoms with Crippen molar-refractivity contribution >= 4 is 18.1 Å². The second kappa shape index (κ2) is 10.1. The first kappa shape index (κ1) is 25.2. The van der Waals surface area contributed by atoms with E-state index in [1.165, 1.54) is 12.1 Å². The number of aromatic nitrogens is 5. The molecule has 4 heterocycles. The van der Waals surface area contributed by atoms with Crippen LogP contribution in [0.1, 0.15) is 23.7 Å². The van der Waals surface area contributed by atoms with Crippen LogP contribution in [-0.4, -0.2) is 68.0 Å². The molecule has 0 amide bonds. The molecule has 0 aliphatic carbocycles. The summed E-state index contributed by atoms with van der Waals surface area (Å²) in [5.41, 5.74) is 8.67. The van der Waals surface area contributed by atoms with Gasteiger partial charge in [0, 0.05) is 86.3 Å². The Hall–Kier alpha value is -4.45. The van der Waals surface area contributed by atoms with Crippen LogP contribution in [0.15, 0.2) is 60.2 Å². The standard InChI is InChI=1S/C26H28F2N10/c1-26(30,21-4-3-20(27)10-22(21)28)19-13-32-25(33-14-19)38-7-5-37(6-8-38)24(34-16-29)23-9-17(11-31-23)18-12-35-36(2)15-18/h3-4,9-16,29,31H,5-8,30H2,1-2H3/b29-16?,34-24+/t26-/m1/s1. The molecule has 1 aliphatic rings. The zero-order valence-corrected chi connectivity index (χ0v) is 21.1. The number of nitrogens with zero attached hydrogens (tertiary/aromatic N) is 7. The largest absolute Gasteiger partial charge is 0.358 e. The topological polar surface area (TPSA) is 128 Å². The average molecular weight is 519 g/mol. The maximum Gasteiger partial charge on any atom is 0.225 e. The van der Waals surface area contributed by atoms with Gasteiger partial charge in [0.2, 0.25) is 5.95 Å². The van der Waals surface area contributed by atoms with E-state index in [0.29, 0.717) is 43.5 Å². The van der Waals surface area contributed by atoms with Crippen LogP contribution in [0.5, 0.6) is 0 Å². The molecule has 0 radical (unpaired) electrons. The van der Waals surface area contributed by atoms with E-state index < -0.39 is 17.2 Å². The van der Waals surface area contributed by atoms with Crippen molar-refractivity contribution in [3.05, 3.63) is 83.7 Å². The van der Waals surface area contributed by atoms with Gasteiger partial charge in [0.15, 0.2) is 5.84 Å². The predicted molar refractivity (Wildman–Crippen MR) is 141 cm³/mol. The van der Waals surface area contributed by atoms with Crippen molar-refractivity contribution in [2.24, 2.45) is 17.8 Å². The van der Waals surface area contributed by atoms with Gasteiger partial charge < -0.3 is 20.5 Å². The van der Waals surface area contributed by atoms with E-state index >= 15 is 0 Å². The number of nitrogens with one attached hydrogen (secondary N) is 2.